The summed E-state index contributed by atoms with van der Waals surface area (Å²) in [6, 6.07) is 11.3. The lowest BCUT2D eigenvalue weighted by Gasteiger charge is -2.25. The van der Waals surface area contributed by atoms with Crippen LogP contribution in [0.2, 0.25) is 0 Å². The first kappa shape index (κ1) is 18.1. The van der Waals surface area contributed by atoms with Crippen LogP contribution in [0, 0.1) is 11.3 Å². The van der Waals surface area contributed by atoms with Crippen molar-refractivity contribution in [2.24, 2.45) is 0 Å². The molecular formula is C22H28N4O. The van der Waals surface area contributed by atoms with Crippen molar-refractivity contribution in [2.45, 2.75) is 64.1 Å². The van der Waals surface area contributed by atoms with Crippen LogP contribution in [0.3, 0.4) is 0 Å². The standard InChI is InChI=1S/C22H28N4O/c1-2-25-20(13-17-6-5-16(14-23)12-21(17)25)10-9-19-4-3-11-26(19)22(27)15-24-18-7-8-18/h5-6,12-13,18-19,24H,2-4,7-11,15H2,1H3. The first-order valence-corrected chi connectivity index (χ1v) is 10.2. The summed E-state index contributed by atoms with van der Waals surface area (Å²) in [7, 11) is 0. The predicted molar refractivity (Wildman–Crippen MR) is 106 cm³/mol. The molecule has 2 fully saturated rings. The van der Waals surface area contributed by atoms with Gasteiger partial charge in [-0.1, -0.05) is 6.07 Å². The summed E-state index contributed by atoms with van der Waals surface area (Å²) in [4.78, 5) is 14.7. The van der Waals surface area contributed by atoms with E-state index in [-0.39, 0.29) is 5.91 Å². The smallest absolute Gasteiger partial charge is 0.236 e. The number of rotatable bonds is 7. The van der Waals surface area contributed by atoms with Crippen LogP contribution >= 0.6 is 0 Å². The minimum absolute atomic E-state index is 0.263. The number of benzene rings is 1. The Labute approximate surface area is 160 Å². The van der Waals surface area contributed by atoms with E-state index >= 15 is 0 Å². The number of carbonyl (C=O) groups excluding carboxylic acids is 1. The highest BCUT2D eigenvalue weighted by Crippen LogP contribution is 2.26. The second-order valence-electron chi connectivity index (χ2n) is 7.84. The van der Waals surface area contributed by atoms with E-state index in [9.17, 15) is 10.1 Å². The topological polar surface area (TPSA) is 61.1 Å². The number of hydrogen-bond acceptors (Lipinski definition) is 3. The maximum absolute atomic E-state index is 12.6. The van der Waals surface area contributed by atoms with E-state index < -0.39 is 0 Å². The van der Waals surface area contributed by atoms with Crippen molar-refractivity contribution in [3.05, 3.63) is 35.5 Å². The molecule has 1 aliphatic heterocycles. The second-order valence-corrected chi connectivity index (χ2v) is 7.84. The van der Waals surface area contributed by atoms with Crippen LogP contribution in [0.15, 0.2) is 24.3 Å². The van der Waals surface area contributed by atoms with Crippen molar-refractivity contribution in [3.63, 3.8) is 0 Å². The number of nitriles is 1. The summed E-state index contributed by atoms with van der Waals surface area (Å²) >= 11 is 0. The minimum atomic E-state index is 0.263. The van der Waals surface area contributed by atoms with Crippen molar-refractivity contribution in [3.8, 4) is 6.07 Å². The van der Waals surface area contributed by atoms with Gasteiger partial charge in [-0.25, -0.2) is 0 Å². The molecule has 1 amide bonds. The van der Waals surface area contributed by atoms with E-state index in [1.54, 1.807) is 0 Å². The number of carbonyl (C=O) groups is 1. The van der Waals surface area contributed by atoms with Gasteiger partial charge in [-0.3, -0.25) is 4.79 Å². The molecule has 142 valence electrons. The van der Waals surface area contributed by atoms with Crippen LogP contribution in [0.1, 0.15) is 50.3 Å². The van der Waals surface area contributed by atoms with Gasteiger partial charge in [0.2, 0.25) is 5.91 Å². The van der Waals surface area contributed by atoms with E-state index in [2.05, 4.69) is 33.8 Å². The zero-order valence-electron chi connectivity index (χ0n) is 16.1. The van der Waals surface area contributed by atoms with Gasteiger partial charge in [0.15, 0.2) is 0 Å². The zero-order valence-corrected chi connectivity index (χ0v) is 16.1. The van der Waals surface area contributed by atoms with E-state index in [1.807, 2.05) is 18.2 Å². The molecule has 1 saturated heterocycles. The highest BCUT2D eigenvalue weighted by molar-refractivity contribution is 5.83. The van der Waals surface area contributed by atoms with Crippen LogP contribution < -0.4 is 5.32 Å². The predicted octanol–water partition coefficient (Wildman–Crippen LogP) is 3.21. The second kappa shape index (κ2) is 7.74. The van der Waals surface area contributed by atoms with Crippen LogP contribution in [-0.2, 0) is 17.8 Å². The fourth-order valence-corrected chi connectivity index (χ4v) is 4.36. The average molecular weight is 364 g/mol. The molecule has 5 heteroatoms. The molecule has 1 unspecified atom stereocenters. The molecule has 0 spiro atoms. The van der Waals surface area contributed by atoms with Crippen LogP contribution in [0.5, 0.6) is 0 Å². The third-order valence-electron chi connectivity index (χ3n) is 5.99. The van der Waals surface area contributed by atoms with Crippen molar-refractivity contribution < 1.29 is 4.79 Å². The van der Waals surface area contributed by atoms with E-state index in [0.29, 0.717) is 24.2 Å². The lowest BCUT2D eigenvalue weighted by Crippen LogP contribution is -2.41. The van der Waals surface area contributed by atoms with Crippen LogP contribution in [-0.4, -0.2) is 40.5 Å². The van der Waals surface area contributed by atoms with Crippen LogP contribution in [0.4, 0.5) is 0 Å². The molecule has 1 N–H and O–H groups in total. The summed E-state index contributed by atoms with van der Waals surface area (Å²) in [5, 5.41) is 13.7. The molecule has 2 heterocycles. The molecule has 0 bridgehead atoms. The fourth-order valence-electron chi connectivity index (χ4n) is 4.36. The maximum atomic E-state index is 12.6. The summed E-state index contributed by atoms with van der Waals surface area (Å²) in [5.41, 5.74) is 3.15. The maximum Gasteiger partial charge on any atom is 0.236 e. The molecular weight excluding hydrogens is 336 g/mol. The molecule has 1 aliphatic carbocycles. The van der Waals surface area contributed by atoms with Gasteiger partial charge in [0, 0.05) is 36.4 Å². The van der Waals surface area contributed by atoms with E-state index in [1.165, 1.54) is 23.9 Å². The number of aromatic nitrogens is 1. The summed E-state index contributed by atoms with van der Waals surface area (Å²) in [6.07, 6.45) is 6.63. The molecule has 1 atom stereocenters. The normalized spacial score (nSPS) is 19.6. The quantitative estimate of drug-likeness (QED) is 0.821. The largest absolute Gasteiger partial charge is 0.345 e. The van der Waals surface area contributed by atoms with Gasteiger partial charge in [0.1, 0.15) is 0 Å². The number of nitrogens with zero attached hydrogens (tertiary/aromatic N) is 3. The highest BCUT2D eigenvalue weighted by atomic mass is 16.2. The molecule has 1 aromatic heterocycles. The van der Waals surface area contributed by atoms with E-state index in [0.717, 1.165) is 44.3 Å². The first-order valence-electron chi connectivity index (χ1n) is 10.2. The Bertz CT molecular complexity index is 874. The Morgan fingerprint density at radius 3 is 2.89 bits per heavy atom. The molecule has 2 aromatic rings. The van der Waals surface area contributed by atoms with Crippen molar-refractivity contribution in [1.29, 1.82) is 5.26 Å². The van der Waals surface area contributed by atoms with Gasteiger partial charge in [-0.05, 0) is 69.0 Å². The Morgan fingerprint density at radius 2 is 2.15 bits per heavy atom. The molecule has 1 aromatic carbocycles. The summed E-state index contributed by atoms with van der Waals surface area (Å²) in [6.45, 7) is 4.44. The highest BCUT2D eigenvalue weighted by Gasteiger charge is 2.30. The number of hydrogen-bond donors (Lipinski definition) is 1. The van der Waals surface area contributed by atoms with Gasteiger partial charge >= 0.3 is 0 Å². The van der Waals surface area contributed by atoms with Gasteiger partial charge in [-0.15, -0.1) is 0 Å². The van der Waals surface area contributed by atoms with Gasteiger partial charge in [0.05, 0.1) is 18.2 Å². The minimum Gasteiger partial charge on any atom is -0.345 e. The van der Waals surface area contributed by atoms with Crippen LogP contribution in [0.25, 0.3) is 10.9 Å². The Balaban J connectivity index is 1.44. The van der Waals surface area contributed by atoms with Crippen molar-refractivity contribution in [2.75, 3.05) is 13.1 Å². The molecule has 0 radical (unpaired) electrons. The zero-order chi connectivity index (χ0) is 18.8. The average Bonchev–Trinajstić information content (AvgIpc) is 3.28. The number of aryl methyl sites for hydroxylation is 2. The molecule has 27 heavy (non-hydrogen) atoms. The lowest BCUT2D eigenvalue weighted by atomic mass is 10.1. The molecule has 4 rings (SSSR count). The van der Waals surface area contributed by atoms with Gasteiger partial charge in [0.25, 0.3) is 0 Å². The third kappa shape index (κ3) is 3.86. The molecule has 1 saturated carbocycles. The number of amides is 1. The van der Waals surface area contributed by atoms with E-state index in [4.69, 9.17) is 0 Å². The number of fused-ring (bicyclic) bond motifs is 1. The Morgan fingerprint density at radius 1 is 1.30 bits per heavy atom. The van der Waals surface area contributed by atoms with Gasteiger partial charge in [-0.2, -0.15) is 5.26 Å². The van der Waals surface area contributed by atoms with Gasteiger partial charge < -0.3 is 14.8 Å². The number of likely N-dealkylation sites (tertiary alicyclic amines) is 1. The molecule has 2 aliphatic rings. The number of nitrogens with one attached hydrogen (secondary N) is 1. The summed E-state index contributed by atoms with van der Waals surface area (Å²) < 4.78 is 2.31. The van der Waals surface area contributed by atoms with Crippen molar-refractivity contribution >= 4 is 16.8 Å². The fraction of sp³-hybridized carbons (Fsp3) is 0.545. The third-order valence-corrected chi connectivity index (χ3v) is 5.99. The SMILES string of the molecule is CCn1c(CCC2CCCN2C(=O)CNC2CC2)cc2ccc(C#N)cc21. The lowest BCUT2D eigenvalue weighted by molar-refractivity contribution is -0.131. The Kier molecular flexibility index (Phi) is 5.18. The Hall–Kier alpha value is -2.32. The molecule has 5 nitrogen and oxygen atoms in total. The van der Waals surface area contributed by atoms with Crippen molar-refractivity contribution in [1.82, 2.24) is 14.8 Å². The summed E-state index contributed by atoms with van der Waals surface area (Å²) in [5.74, 6) is 0.263. The monoisotopic (exact) mass is 364 g/mol. The first-order chi connectivity index (χ1) is 13.2.